The van der Waals surface area contributed by atoms with Crippen molar-refractivity contribution >= 4 is 17.5 Å². The molecule has 7 heteroatoms. The van der Waals surface area contributed by atoms with Crippen LogP contribution >= 0.6 is 11.6 Å². The number of aromatic nitrogens is 2. The van der Waals surface area contributed by atoms with Crippen molar-refractivity contribution in [3.63, 3.8) is 0 Å². The van der Waals surface area contributed by atoms with E-state index in [9.17, 15) is 4.79 Å². The highest BCUT2D eigenvalue weighted by Gasteiger charge is 2.10. The van der Waals surface area contributed by atoms with Gasteiger partial charge in [-0.1, -0.05) is 22.8 Å². The summed E-state index contributed by atoms with van der Waals surface area (Å²) in [5.74, 6) is 1.40. The maximum atomic E-state index is 11.9. The van der Waals surface area contributed by atoms with E-state index in [-0.39, 0.29) is 18.9 Å². The van der Waals surface area contributed by atoms with Gasteiger partial charge in [-0.3, -0.25) is 4.79 Å². The predicted molar refractivity (Wildman–Crippen MR) is 103 cm³/mol. The summed E-state index contributed by atoms with van der Waals surface area (Å²) < 4.78 is 10.8. The molecule has 27 heavy (non-hydrogen) atoms. The van der Waals surface area contributed by atoms with Crippen LogP contribution in [-0.4, -0.2) is 22.7 Å². The Morgan fingerprint density at radius 3 is 2.67 bits per heavy atom. The molecule has 0 saturated carbocycles. The van der Waals surface area contributed by atoms with Crippen LogP contribution in [0.4, 0.5) is 0 Å². The zero-order valence-electron chi connectivity index (χ0n) is 15.2. The first-order valence-corrected chi connectivity index (χ1v) is 8.94. The Balaban J connectivity index is 1.44. The van der Waals surface area contributed by atoms with E-state index in [0.29, 0.717) is 23.3 Å². The summed E-state index contributed by atoms with van der Waals surface area (Å²) in [6.07, 6.45) is 0.241. The highest BCUT2D eigenvalue weighted by molar-refractivity contribution is 6.30. The molecule has 0 atom stereocenters. The lowest BCUT2D eigenvalue weighted by atomic mass is 10.1. The summed E-state index contributed by atoms with van der Waals surface area (Å²) in [5.41, 5.74) is 3.16. The monoisotopic (exact) mass is 385 g/mol. The zero-order chi connectivity index (χ0) is 19.2. The Morgan fingerprint density at radius 1 is 1.15 bits per heavy atom. The molecule has 0 saturated heterocycles. The number of ether oxygens (including phenoxy) is 1. The first-order chi connectivity index (χ1) is 13.0. The minimum atomic E-state index is -0.148. The van der Waals surface area contributed by atoms with Crippen LogP contribution in [0.2, 0.25) is 5.02 Å². The minimum Gasteiger partial charge on any atom is -0.493 e. The van der Waals surface area contributed by atoms with E-state index in [1.54, 1.807) is 24.3 Å². The second-order valence-electron chi connectivity index (χ2n) is 6.14. The number of hydrogen-bond acceptors (Lipinski definition) is 5. The number of carbonyl (C=O) groups is 1. The van der Waals surface area contributed by atoms with Gasteiger partial charge in [0, 0.05) is 10.6 Å². The number of benzene rings is 2. The molecule has 2 aromatic carbocycles. The lowest BCUT2D eigenvalue weighted by Gasteiger charge is -2.08. The molecule has 6 nitrogen and oxygen atoms in total. The van der Waals surface area contributed by atoms with Gasteiger partial charge in [-0.2, -0.15) is 4.98 Å². The molecule has 3 aromatic rings. The van der Waals surface area contributed by atoms with E-state index in [1.165, 1.54) is 5.56 Å². The summed E-state index contributed by atoms with van der Waals surface area (Å²) in [6, 6.07) is 13.0. The van der Waals surface area contributed by atoms with E-state index < -0.39 is 0 Å². The third-order valence-electron chi connectivity index (χ3n) is 4.08. The van der Waals surface area contributed by atoms with E-state index in [1.807, 2.05) is 32.0 Å². The average molecular weight is 386 g/mol. The largest absolute Gasteiger partial charge is 0.493 e. The Labute approximate surface area is 162 Å². The quantitative estimate of drug-likeness (QED) is 0.662. The first-order valence-electron chi connectivity index (χ1n) is 8.56. The van der Waals surface area contributed by atoms with Gasteiger partial charge in [0.05, 0.1) is 19.6 Å². The standard InChI is InChI=1S/C20H20ClN3O3/c1-13-3-8-17(11-14(13)2)26-10-9-18(25)22-12-19-23-20(24-27-19)15-4-6-16(21)7-5-15/h3-8,11H,9-10,12H2,1-2H3,(H,22,25). The predicted octanol–water partition coefficient (Wildman–Crippen LogP) is 4.09. The SMILES string of the molecule is Cc1ccc(OCCC(=O)NCc2nc(-c3ccc(Cl)cc3)no2)cc1C. The lowest BCUT2D eigenvalue weighted by Crippen LogP contribution is -2.24. The van der Waals surface area contributed by atoms with Crippen molar-refractivity contribution in [3.8, 4) is 17.1 Å². The van der Waals surface area contributed by atoms with Gasteiger partial charge < -0.3 is 14.6 Å². The van der Waals surface area contributed by atoms with Crippen molar-refractivity contribution in [2.45, 2.75) is 26.8 Å². The highest BCUT2D eigenvalue weighted by Crippen LogP contribution is 2.19. The molecule has 0 unspecified atom stereocenters. The van der Waals surface area contributed by atoms with Gasteiger partial charge in [-0.25, -0.2) is 0 Å². The van der Waals surface area contributed by atoms with Crippen molar-refractivity contribution in [1.29, 1.82) is 0 Å². The fourth-order valence-corrected chi connectivity index (χ4v) is 2.50. The van der Waals surface area contributed by atoms with Crippen LogP contribution in [0.5, 0.6) is 5.75 Å². The lowest BCUT2D eigenvalue weighted by molar-refractivity contribution is -0.121. The van der Waals surface area contributed by atoms with Gasteiger partial charge in [0.1, 0.15) is 5.75 Å². The van der Waals surface area contributed by atoms with E-state index >= 15 is 0 Å². The van der Waals surface area contributed by atoms with E-state index in [0.717, 1.165) is 16.9 Å². The molecule has 0 aliphatic heterocycles. The average Bonchev–Trinajstić information content (AvgIpc) is 3.12. The second-order valence-corrected chi connectivity index (χ2v) is 6.58. The molecule has 140 valence electrons. The molecule has 1 aromatic heterocycles. The second kappa shape index (κ2) is 8.68. The maximum absolute atomic E-state index is 11.9. The first kappa shape index (κ1) is 18.9. The number of nitrogens with zero attached hydrogens (tertiary/aromatic N) is 2. The van der Waals surface area contributed by atoms with Gasteiger partial charge in [0.2, 0.25) is 17.6 Å². The molecule has 3 rings (SSSR count). The van der Waals surface area contributed by atoms with Crippen molar-refractivity contribution in [1.82, 2.24) is 15.5 Å². The van der Waals surface area contributed by atoms with Crippen LogP contribution in [-0.2, 0) is 11.3 Å². The molecule has 0 aliphatic rings. The van der Waals surface area contributed by atoms with E-state index in [4.69, 9.17) is 20.9 Å². The summed E-state index contributed by atoms with van der Waals surface area (Å²) >= 11 is 5.86. The van der Waals surface area contributed by atoms with Crippen LogP contribution in [0.3, 0.4) is 0 Å². The number of nitrogens with one attached hydrogen (secondary N) is 1. The van der Waals surface area contributed by atoms with Gasteiger partial charge >= 0.3 is 0 Å². The van der Waals surface area contributed by atoms with Gasteiger partial charge in [0.25, 0.3) is 0 Å². The molecule has 1 amide bonds. The smallest absolute Gasteiger partial charge is 0.246 e. The number of hydrogen-bond donors (Lipinski definition) is 1. The molecular formula is C20H20ClN3O3. The molecule has 0 radical (unpaired) electrons. The molecule has 1 heterocycles. The van der Waals surface area contributed by atoms with Crippen molar-refractivity contribution in [2.24, 2.45) is 0 Å². The summed E-state index contributed by atoms with van der Waals surface area (Å²) in [6.45, 7) is 4.54. The molecule has 0 fully saturated rings. The van der Waals surface area contributed by atoms with Crippen molar-refractivity contribution in [3.05, 3.63) is 64.5 Å². The number of amides is 1. The van der Waals surface area contributed by atoms with Crippen LogP contribution in [0.25, 0.3) is 11.4 Å². The molecule has 0 bridgehead atoms. The molecule has 0 spiro atoms. The molecular weight excluding hydrogens is 366 g/mol. The topological polar surface area (TPSA) is 77.2 Å². The Kier molecular flexibility index (Phi) is 6.08. The molecule has 0 aliphatic carbocycles. The van der Waals surface area contributed by atoms with Gasteiger partial charge in [-0.15, -0.1) is 0 Å². The normalized spacial score (nSPS) is 10.6. The zero-order valence-corrected chi connectivity index (χ0v) is 15.9. The fourth-order valence-electron chi connectivity index (χ4n) is 2.37. The number of rotatable bonds is 7. The van der Waals surface area contributed by atoms with Crippen molar-refractivity contribution in [2.75, 3.05) is 6.61 Å². The Hall–Kier alpha value is -2.86. The number of aryl methyl sites for hydroxylation is 2. The van der Waals surface area contributed by atoms with Gasteiger partial charge in [-0.05, 0) is 61.4 Å². The van der Waals surface area contributed by atoms with Crippen LogP contribution in [0, 0.1) is 13.8 Å². The van der Waals surface area contributed by atoms with Crippen molar-refractivity contribution < 1.29 is 14.1 Å². The highest BCUT2D eigenvalue weighted by atomic mass is 35.5. The number of carbonyl (C=O) groups excluding carboxylic acids is 1. The number of halogens is 1. The van der Waals surface area contributed by atoms with Crippen LogP contribution in [0.1, 0.15) is 23.4 Å². The maximum Gasteiger partial charge on any atom is 0.246 e. The summed E-state index contributed by atoms with van der Waals surface area (Å²) in [4.78, 5) is 16.2. The Morgan fingerprint density at radius 2 is 1.93 bits per heavy atom. The fraction of sp³-hybridized carbons (Fsp3) is 0.250. The summed E-state index contributed by atoms with van der Waals surface area (Å²) in [7, 11) is 0. The van der Waals surface area contributed by atoms with Gasteiger partial charge in [0.15, 0.2) is 0 Å². The third-order valence-corrected chi connectivity index (χ3v) is 4.34. The van der Waals surface area contributed by atoms with Crippen LogP contribution < -0.4 is 10.1 Å². The van der Waals surface area contributed by atoms with E-state index in [2.05, 4.69) is 15.5 Å². The Bertz CT molecular complexity index is 922. The van der Waals surface area contributed by atoms with Crippen LogP contribution in [0.15, 0.2) is 47.0 Å². The third kappa shape index (κ3) is 5.31. The summed E-state index contributed by atoms with van der Waals surface area (Å²) in [5, 5.41) is 7.29. The molecule has 1 N–H and O–H groups in total. The minimum absolute atomic E-state index is 0.148.